The molecule has 1 unspecified atom stereocenters. The van der Waals surface area contributed by atoms with Crippen molar-refractivity contribution in [3.8, 4) is 0 Å². The summed E-state index contributed by atoms with van der Waals surface area (Å²) in [6.45, 7) is 3.69. The van der Waals surface area contributed by atoms with Crippen LogP contribution in [0.2, 0.25) is 0 Å². The standard InChI is InChI=1S/C10H9NO3S3/c1-7(6-14-17(12)13)15-10-11-8-4-2-3-5-9(8)16-10/h2-5H,1,6H2,(H,12,13)/p-1. The van der Waals surface area contributed by atoms with E-state index in [0.29, 0.717) is 4.91 Å². The first-order valence-corrected chi connectivity index (χ1v) is 7.22. The monoisotopic (exact) mass is 286 g/mol. The van der Waals surface area contributed by atoms with E-state index in [1.807, 2.05) is 24.3 Å². The Morgan fingerprint density at radius 1 is 1.59 bits per heavy atom. The summed E-state index contributed by atoms with van der Waals surface area (Å²) in [5, 5.41) is 0. The molecule has 0 bridgehead atoms. The Labute approximate surface area is 109 Å². The lowest BCUT2D eigenvalue weighted by Gasteiger charge is -2.05. The Morgan fingerprint density at radius 3 is 3.06 bits per heavy atom. The first-order chi connectivity index (χ1) is 8.15. The van der Waals surface area contributed by atoms with Crippen LogP contribution < -0.4 is 0 Å². The summed E-state index contributed by atoms with van der Waals surface area (Å²) in [6, 6.07) is 7.80. The minimum atomic E-state index is -2.50. The average Bonchev–Trinajstić information content (AvgIpc) is 2.68. The SMILES string of the molecule is C=C(COS(=O)[O-])Sc1nc2ccccc2s1. The molecule has 0 spiro atoms. The van der Waals surface area contributed by atoms with Gasteiger partial charge in [0.2, 0.25) is 0 Å². The van der Waals surface area contributed by atoms with Crippen LogP contribution in [0.4, 0.5) is 0 Å². The molecule has 0 radical (unpaired) electrons. The lowest BCUT2D eigenvalue weighted by Crippen LogP contribution is -1.97. The van der Waals surface area contributed by atoms with Crippen molar-refractivity contribution in [3.63, 3.8) is 0 Å². The topological polar surface area (TPSA) is 62.2 Å². The van der Waals surface area contributed by atoms with Crippen molar-refractivity contribution in [2.45, 2.75) is 4.34 Å². The predicted molar refractivity (Wildman–Crippen MR) is 69.5 cm³/mol. The first kappa shape index (κ1) is 12.7. The third kappa shape index (κ3) is 3.62. The van der Waals surface area contributed by atoms with Gasteiger partial charge in [-0.05, 0) is 12.1 Å². The Bertz CT molecular complexity index is 534. The molecule has 2 rings (SSSR count). The maximum Gasteiger partial charge on any atom is 0.155 e. The highest BCUT2D eigenvalue weighted by Crippen LogP contribution is 2.33. The van der Waals surface area contributed by atoms with E-state index in [4.69, 9.17) is 0 Å². The summed E-state index contributed by atoms with van der Waals surface area (Å²) < 4.78 is 26.8. The minimum absolute atomic E-state index is 0.0310. The van der Waals surface area contributed by atoms with Crippen LogP contribution in [-0.4, -0.2) is 20.4 Å². The number of nitrogens with zero attached hydrogens (tertiary/aromatic N) is 1. The molecule has 0 saturated carbocycles. The van der Waals surface area contributed by atoms with Gasteiger partial charge in [-0.3, -0.25) is 4.18 Å². The molecule has 90 valence electrons. The van der Waals surface area contributed by atoms with E-state index >= 15 is 0 Å². The fraction of sp³-hybridized carbons (Fsp3) is 0.100. The largest absolute Gasteiger partial charge is 0.750 e. The summed E-state index contributed by atoms with van der Waals surface area (Å²) in [4.78, 5) is 5.00. The Balaban J connectivity index is 2.03. The van der Waals surface area contributed by atoms with E-state index in [0.717, 1.165) is 14.6 Å². The average molecular weight is 286 g/mol. The molecule has 17 heavy (non-hydrogen) atoms. The third-order valence-corrected chi connectivity index (χ3v) is 4.14. The zero-order chi connectivity index (χ0) is 12.3. The number of fused-ring (bicyclic) bond motifs is 1. The van der Waals surface area contributed by atoms with Crippen LogP contribution in [-0.2, 0) is 15.5 Å². The third-order valence-electron chi connectivity index (χ3n) is 1.82. The number of aromatic nitrogens is 1. The van der Waals surface area contributed by atoms with Crippen molar-refractivity contribution in [1.29, 1.82) is 0 Å². The number of thiazole rings is 1. The molecular weight excluding hydrogens is 278 g/mol. The smallest absolute Gasteiger partial charge is 0.155 e. The molecule has 1 heterocycles. The van der Waals surface area contributed by atoms with Crippen LogP contribution in [0, 0.1) is 0 Å². The molecular formula is C10H8NO3S3-. The van der Waals surface area contributed by atoms with E-state index in [2.05, 4.69) is 15.7 Å². The van der Waals surface area contributed by atoms with E-state index in [1.165, 1.54) is 11.8 Å². The second-order valence-corrected chi connectivity index (χ2v) is 6.16. The van der Waals surface area contributed by atoms with E-state index < -0.39 is 11.4 Å². The lowest BCUT2D eigenvalue weighted by molar-refractivity contribution is 0.332. The van der Waals surface area contributed by atoms with Crippen LogP contribution in [0.3, 0.4) is 0 Å². The molecule has 2 aromatic rings. The van der Waals surface area contributed by atoms with E-state index in [-0.39, 0.29) is 6.61 Å². The highest BCUT2D eigenvalue weighted by atomic mass is 32.2. The van der Waals surface area contributed by atoms with Crippen LogP contribution in [0.25, 0.3) is 10.2 Å². The molecule has 1 aromatic heterocycles. The van der Waals surface area contributed by atoms with Crippen molar-refractivity contribution < 1.29 is 12.9 Å². The summed E-state index contributed by atoms with van der Waals surface area (Å²) in [6.07, 6.45) is 0. The van der Waals surface area contributed by atoms with Gasteiger partial charge in [0.05, 0.1) is 28.2 Å². The first-order valence-electron chi connectivity index (χ1n) is 4.59. The fourth-order valence-electron chi connectivity index (χ4n) is 1.16. The quantitative estimate of drug-likeness (QED) is 0.624. The molecule has 4 nitrogen and oxygen atoms in total. The molecule has 1 aromatic carbocycles. The van der Waals surface area contributed by atoms with Crippen molar-refractivity contribution >= 4 is 44.7 Å². The van der Waals surface area contributed by atoms with Gasteiger partial charge < -0.3 is 4.55 Å². The van der Waals surface area contributed by atoms with Gasteiger partial charge in [0.1, 0.15) is 0 Å². The van der Waals surface area contributed by atoms with Crippen LogP contribution in [0.5, 0.6) is 0 Å². The number of rotatable bonds is 5. The number of thioether (sulfide) groups is 1. The van der Waals surface area contributed by atoms with Crippen molar-refractivity contribution in [1.82, 2.24) is 4.98 Å². The van der Waals surface area contributed by atoms with E-state index in [9.17, 15) is 8.76 Å². The van der Waals surface area contributed by atoms with Gasteiger partial charge in [-0.25, -0.2) is 9.19 Å². The van der Waals surface area contributed by atoms with Crippen molar-refractivity contribution in [2.24, 2.45) is 0 Å². The van der Waals surface area contributed by atoms with E-state index in [1.54, 1.807) is 11.3 Å². The van der Waals surface area contributed by atoms with Crippen LogP contribution >= 0.6 is 23.1 Å². The van der Waals surface area contributed by atoms with Gasteiger partial charge in [-0.2, -0.15) is 0 Å². The number of para-hydroxylation sites is 1. The molecule has 0 saturated heterocycles. The summed E-state index contributed by atoms with van der Waals surface area (Å²) in [5.41, 5.74) is 0.932. The highest BCUT2D eigenvalue weighted by Gasteiger charge is 2.05. The Kier molecular flexibility index (Phi) is 4.30. The molecule has 0 amide bonds. The van der Waals surface area contributed by atoms with Crippen molar-refractivity contribution in [2.75, 3.05) is 6.61 Å². The van der Waals surface area contributed by atoms with Gasteiger partial charge >= 0.3 is 0 Å². The second kappa shape index (κ2) is 5.74. The maximum atomic E-state index is 10.2. The van der Waals surface area contributed by atoms with Crippen molar-refractivity contribution in [3.05, 3.63) is 35.7 Å². The van der Waals surface area contributed by atoms with Gasteiger partial charge in [-0.15, -0.1) is 11.3 Å². The molecule has 1 atom stereocenters. The number of benzene rings is 1. The predicted octanol–water partition coefficient (Wildman–Crippen LogP) is 2.71. The molecule has 0 N–H and O–H groups in total. The molecule has 7 heteroatoms. The van der Waals surface area contributed by atoms with Crippen LogP contribution in [0.15, 0.2) is 40.1 Å². The highest BCUT2D eigenvalue weighted by molar-refractivity contribution is 8.04. The zero-order valence-electron chi connectivity index (χ0n) is 8.62. The normalized spacial score (nSPS) is 12.8. The zero-order valence-corrected chi connectivity index (χ0v) is 11.1. The Morgan fingerprint density at radius 2 is 2.35 bits per heavy atom. The van der Waals surface area contributed by atoms with Gasteiger partial charge in [-0.1, -0.05) is 30.5 Å². The summed E-state index contributed by atoms with van der Waals surface area (Å²) >= 11 is 0.367. The second-order valence-electron chi connectivity index (χ2n) is 3.05. The summed E-state index contributed by atoms with van der Waals surface area (Å²) in [5.74, 6) is 0. The molecule has 0 fully saturated rings. The van der Waals surface area contributed by atoms with Gasteiger partial charge in [0.15, 0.2) is 4.34 Å². The fourth-order valence-corrected chi connectivity index (χ4v) is 3.47. The minimum Gasteiger partial charge on any atom is -0.750 e. The maximum absolute atomic E-state index is 10.2. The van der Waals surface area contributed by atoms with Crippen LogP contribution in [0.1, 0.15) is 0 Å². The molecule has 0 aliphatic rings. The molecule has 0 aliphatic carbocycles. The van der Waals surface area contributed by atoms with Gasteiger partial charge in [0.25, 0.3) is 0 Å². The Hall–Kier alpha value is -0.730. The molecule has 0 aliphatic heterocycles. The lowest BCUT2D eigenvalue weighted by atomic mass is 10.3. The summed E-state index contributed by atoms with van der Waals surface area (Å²) in [7, 11) is 0. The number of hydrogen-bond donors (Lipinski definition) is 0. The van der Waals surface area contributed by atoms with Gasteiger partial charge in [0, 0.05) is 4.91 Å². The number of hydrogen-bond acceptors (Lipinski definition) is 6.